The Morgan fingerprint density at radius 2 is 1.81 bits per heavy atom. The number of fused-ring (bicyclic) bond motifs is 3. The Bertz CT molecular complexity index is 589. The molecule has 3 heteroatoms. The first kappa shape index (κ1) is 13.5. The average molecular weight is 300 g/mol. The summed E-state index contributed by atoms with van der Waals surface area (Å²) in [5.74, 6) is 1.01. The molecule has 1 aromatic carbocycles. The standard InChI is InChI=1S/C18H21NOS/c20-18(17-7-4-12-21-17,15-5-2-1-3-6-15)16-13-19-10-8-14(16)9-11-19/h1-7,12,14,16,20H,8-11,13H2/p+1/t16-,18-/m0/s1. The lowest BCUT2D eigenvalue weighted by atomic mass is 9.67. The molecule has 2 nitrogen and oxygen atoms in total. The fraction of sp³-hybridized carbons (Fsp3) is 0.444. The highest BCUT2D eigenvalue weighted by molar-refractivity contribution is 7.10. The van der Waals surface area contributed by atoms with Crippen molar-refractivity contribution in [2.24, 2.45) is 11.8 Å². The molecule has 3 saturated heterocycles. The number of nitrogens with one attached hydrogen (secondary N) is 1. The van der Waals surface area contributed by atoms with Crippen LogP contribution in [0.15, 0.2) is 47.8 Å². The van der Waals surface area contributed by atoms with Gasteiger partial charge in [-0.15, -0.1) is 11.3 Å². The van der Waals surface area contributed by atoms with Crippen molar-refractivity contribution in [1.29, 1.82) is 0 Å². The fourth-order valence-corrected chi connectivity index (χ4v) is 5.26. The second kappa shape index (κ2) is 5.24. The molecule has 0 radical (unpaired) electrons. The molecule has 3 fully saturated rings. The highest BCUT2D eigenvalue weighted by atomic mass is 32.1. The highest BCUT2D eigenvalue weighted by Crippen LogP contribution is 2.45. The third-order valence-electron chi connectivity index (χ3n) is 5.46. The van der Waals surface area contributed by atoms with Crippen molar-refractivity contribution in [3.05, 3.63) is 58.3 Å². The van der Waals surface area contributed by atoms with E-state index in [0.717, 1.165) is 17.0 Å². The van der Waals surface area contributed by atoms with E-state index in [1.54, 1.807) is 16.2 Å². The number of benzene rings is 1. The summed E-state index contributed by atoms with van der Waals surface area (Å²) in [7, 11) is 0. The number of rotatable bonds is 3. The van der Waals surface area contributed by atoms with Gasteiger partial charge in [-0.3, -0.25) is 0 Å². The summed E-state index contributed by atoms with van der Waals surface area (Å²) < 4.78 is 0. The van der Waals surface area contributed by atoms with Crippen molar-refractivity contribution in [2.75, 3.05) is 19.6 Å². The number of hydrogen-bond donors (Lipinski definition) is 2. The Hall–Kier alpha value is -1.16. The summed E-state index contributed by atoms with van der Waals surface area (Å²) in [6.45, 7) is 3.68. The van der Waals surface area contributed by atoms with E-state index < -0.39 is 5.60 Å². The van der Waals surface area contributed by atoms with Crippen molar-refractivity contribution >= 4 is 11.3 Å². The zero-order chi connectivity index (χ0) is 14.3. The Balaban J connectivity index is 1.81. The molecule has 2 bridgehead atoms. The molecular weight excluding hydrogens is 278 g/mol. The van der Waals surface area contributed by atoms with Gasteiger partial charge in [0.25, 0.3) is 0 Å². The topological polar surface area (TPSA) is 24.7 Å². The Kier molecular flexibility index (Phi) is 3.37. The van der Waals surface area contributed by atoms with Crippen molar-refractivity contribution < 1.29 is 10.0 Å². The molecule has 0 amide bonds. The number of aliphatic hydroxyl groups is 1. The molecule has 3 aliphatic rings. The SMILES string of the molecule is O[C@](c1ccccc1)(c1cccs1)[C@H]1C[NH+]2CCC1CC2. The van der Waals surface area contributed by atoms with Crippen molar-refractivity contribution in [3.63, 3.8) is 0 Å². The van der Waals surface area contributed by atoms with E-state index in [9.17, 15) is 5.11 Å². The lowest BCUT2D eigenvalue weighted by Gasteiger charge is -2.48. The van der Waals surface area contributed by atoms with Gasteiger partial charge in [0.05, 0.1) is 19.6 Å². The van der Waals surface area contributed by atoms with Gasteiger partial charge >= 0.3 is 0 Å². The number of hydrogen-bond acceptors (Lipinski definition) is 2. The number of thiophene rings is 1. The predicted molar refractivity (Wildman–Crippen MR) is 85.5 cm³/mol. The summed E-state index contributed by atoms with van der Waals surface area (Å²) in [5, 5.41) is 13.9. The number of quaternary nitrogens is 1. The van der Waals surface area contributed by atoms with Crippen molar-refractivity contribution in [2.45, 2.75) is 18.4 Å². The summed E-state index contributed by atoms with van der Waals surface area (Å²) in [6, 6.07) is 14.5. The van der Waals surface area contributed by atoms with Gasteiger partial charge in [0.15, 0.2) is 0 Å². The van der Waals surface area contributed by atoms with Gasteiger partial charge < -0.3 is 10.0 Å². The average Bonchev–Trinajstić information content (AvgIpc) is 3.11. The van der Waals surface area contributed by atoms with Crippen LogP contribution in [0.1, 0.15) is 23.3 Å². The normalized spacial score (nSPS) is 31.0. The summed E-state index contributed by atoms with van der Waals surface area (Å²) in [6.07, 6.45) is 2.53. The van der Waals surface area contributed by atoms with Crippen LogP contribution in [-0.2, 0) is 5.60 Å². The van der Waals surface area contributed by atoms with Gasteiger partial charge in [-0.2, -0.15) is 0 Å². The molecule has 0 unspecified atom stereocenters. The molecule has 4 heterocycles. The van der Waals surface area contributed by atoms with Crippen molar-refractivity contribution in [3.8, 4) is 0 Å². The largest absolute Gasteiger partial charge is 0.379 e. The van der Waals surface area contributed by atoms with E-state index in [2.05, 4.69) is 29.6 Å². The van der Waals surface area contributed by atoms with Crippen LogP contribution in [0.2, 0.25) is 0 Å². The van der Waals surface area contributed by atoms with Crippen molar-refractivity contribution in [1.82, 2.24) is 0 Å². The fourth-order valence-electron chi connectivity index (χ4n) is 4.35. The van der Waals surface area contributed by atoms with E-state index in [0.29, 0.717) is 11.8 Å². The quantitative estimate of drug-likeness (QED) is 0.889. The molecule has 2 aromatic rings. The first-order valence-electron chi connectivity index (χ1n) is 7.94. The van der Waals surface area contributed by atoms with E-state index >= 15 is 0 Å². The molecule has 0 aliphatic carbocycles. The maximum atomic E-state index is 11.8. The van der Waals surface area contributed by atoms with Crippen LogP contribution in [-0.4, -0.2) is 24.7 Å². The van der Waals surface area contributed by atoms with Gasteiger partial charge in [-0.25, -0.2) is 0 Å². The third-order valence-corrected chi connectivity index (χ3v) is 6.46. The lowest BCUT2D eigenvalue weighted by Crippen LogP contribution is -3.16. The summed E-state index contributed by atoms with van der Waals surface area (Å²) in [4.78, 5) is 2.78. The minimum absolute atomic E-state index is 0.344. The minimum Gasteiger partial charge on any atom is -0.379 e. The number of piperidine rings is 3. The van der Waals surface area contributed by atoms with Crippen LogP contribution in [0.5, 0.6) is 0 Å². The second-order valence-electron chi connectivity index (χ2n) is 6.51. The molecule has 3 aliphatic heterocycles. The molecule has 2 N–H and O–H groups in total. The first-order chi connectivity index (χ1) is 10.3. The summed E-state index contributed by atoms with van der Waals surface area (Å²) in [5.41, 5.74) is 0.247. The van der Waals surface area contributed by atoms with Crippen LogP contribution in [0.3, 0.4) is 0 Å². The van der Waals surface area contributed by atoms with E-state index in [-0.39, 0.29) is 0 Å². The van der Waals surface area contributed by atoms with Gasteiger partial charge in [0.2, 0.25) is 0 Å². The molecule has 0 spiro atoms. The molecule has 21 heavy (non-hydrogen) atoms. The molecule has 0 saturated carbocycles. The molecule has 5 rings (SSSR count). The molecule has 110 valence electrons. The van der Waals surface area contributed by atoms with Gasteiger partial charge in [-0.1, -0.05) is 36.4 Å². The first-order valence-corrected chi connectivity index (χ1v) is 8.82. The molecule has 1 aromatic heterocycles. The van der Waals surface area contributed by atoms with Crippen LogP contribution in [0.25, 0.3) is 0 Å². The zero-order valence-electron chi connectivity index (χ0n) is 12.2. The van der Waals surface area contributed by atoms with E-state index in [4.69, 9.17) is 0 Å². The lowest BCUT2D eigenvalue weighted by molar-refractivity contribution is -0.922. The summed E-state index contributed by atoms with van der Waals surface area (Å²) >= 11 is 1.69. The highest BCUT2D eigenvalue weighted by Gasteiger charge is 2.51. The Morgan fingerprint density at radius 1 is 1.05 bits per heavy atom. The van der Waals surface area contributed by atoms with Crippen LogP contribution in [0, 0.1) is 11.8 Å². The minimum atomic E-state index is -0.813. The van der Waals surface area contributed by atoms with E-state index in [1.165, 1.54) is 25.9 Å². The van der Waals surface area contributed by atoms with E-state index in [1.807, 2.05) is 18.2 Å². The predicted octanol–water partition coefficient (Wildman–Crippen LogP) is 1.91. The van der Waals surface area contributed by atoms with Crippen LogP contribution < -0.4 is 4.90 Å². The van der Waals surface area contributed by atoms with Gasteiger partial charge in [0.1, 0.15) is 5.60 Å². The maximum absolute atomic E-state index is 11.8. The smallest absolute Gasteiger partial charge is 0.132 e. The second-order valence-corrected chi connectivity index (χ2v) is 7.46. The zero-order valence-corrected chi connectivity index (χ0v) is 13.0. The monoisotopic (exact) mass is 300 g/mol. The molecular formula is C18H22NOS+. The molecule has 2 atom stereocenters. The maximum Gasteiger partial charge on any atom is 0.132 e. The van der Waals surface area contributed by atoms with Crippen LogP contribution >= 0.6 is 11.3 Å². The van der Waals surface area contributed by atoms with Crippen LogP contribution in [0.4, 0.5) is 0 Å². The van der Waals surface area contributed by atoms with Gasteiger partial charge in [0, 0.05) is 23.6 Å². The Labute approximate surface area is 130 Å². The third kappa shape index (κ3) is 2.15. The van der Waals surface area contributed by atoms with Gasteiger partial charge in [-0.05, 0) is 22.9 Å². The Morgan fingerprint density at radius 3 is 2.38 bits per heavy atom.